The van der Waals surface area contributed by atoms with Gasteiger partial charge >= 0.3 is 0 Å². The van der Waals surface area contributed by atoms with Crippen molar-refractivity contribution in [2.24, 2.45) is 5.92 Å². The molecule has 4 heteroatoms. The fourth-order valence-electron chi connectivity index (χ4n) is 1.78. The molecule has 0 bridgehead atoms. The van der Waals surface area contributed by atoms with Crippen molar-refractivity contribution in [2.75, 3.05) is 5.75 Å². The molecule has 0 aromatic heterocycles. The van der Waals surface area contributed by atoms with Crippen LogP contribution in [0.5, 0.6) is 0 Å². The molecular formula is C11H12F2OS. The van der Waals surface area contributed by atoms with E-state index in [1.807, 2.05) is 6.92 Å². The lowest BCUT2D eigenvalue weighted by molar-refractivity contribution is 0.128. The molecule has 2 atom stereocenters. The van der Waals surface area contributed by atoms with Crippen molar-refractivity contribution in [3.05, 3.63) is 34.9 Å². The second-order valence-corrected chi connectivity index (χ2v) is 4.90. The van der Waals surface area contributed by atoms with Crippen LogP contribution in [0.2, 0.25) is 0 Å². The van der Waals surface area contributed by atoms with Gasteiger partial charge in [0.15, 0.2) is 11.6 Å². The molecule has 1 nitrogen and oxygen atoms in total. The predicted octanol–water partition coefficient (Wildman–Crippen LogP) is 2.88. The molecular weight excluding hydrogens is 218 g/mol. The zero-order chi connectivity index (χ0) is 11.0. The first-order chi connectivity index (χ1) is 7.11. The summed E-state index contributed by atoms with van der Waals surface area (Å²) in [4.78, 5) is 0. The maximum atomic E-state index is 13.5. The summed E-state index contributed by atoms with van der Waals surface area (Å²) in [6.07, 6.45) is -0.690. The topological polar surface area (TPSA) is 20.2 Å². The van der Waals surface area contributed by atoms with Gasteiger partial charge in [-0.05, 0) is 23.3 Å². The Morgan fingerprint density at radius 2 is 2.13 bits per heavy atom. The highest BCUT2D eigenvalue weighted by Gasteiger charge is 2.26. The first-order valence-electron chi connectivity index (χ1n) is 4.84. The minimum absolute atomic E-state index is 0.0705. The van der Waals surface area contributed by atoms with E-state index >= 15 is 0 Å². The quantitative estimate of drug-likeness (QED) is 0.739. The average Bonchev–Trinajstić information content (AvgIpc) is 2.35. The average molecular weight is 230 g/mol. The van der Waals surface area contributed by atoms with Gasteiger partial charge in [0.25, 0.3) is 0 Å². The standard InChI is InChI=1S/C11H12F2OS/c1-6-4-15-5-8-7(11(6)14)2-3-9(12)10(8)13/h2-3,6,11,14H,4-5H2,1H3. The minimum atomic E-state index is -0.837. The van der Waals surface area contributed by atoms with Crippen LogP contribution in [-0.4, -0.2) is 10.9 Å². The number of benzene rings is 1. The largest absolute Gasteiger partial charge is 0.388 e. The molecule has 2 unspecified atom stereocenters. The molecule has 0 radical (unpaired) electrons. The second-order valence-electron chi connectivity index (χ2n) is 3.87. The molecule has 1 aliphatic rings. The number of hydrogen-bond donors (Lipinski definition) is 1. The summed E-state index contributed by atoms with van der Waals surface area (Å²) in [7, 11) is 0. The van der Waals surface area contributed by atoms with Crippen LogP contribution in [0.1, 0.15) is 24.2 Å². The van der Waals surface area contributed by atoms with Crippen molar-refractivity contribution in [1.29, 1.82) is 0 Å². The smallest absolute Gasteiger partial charge is 0.163 e. The lowest BCUT2D eigenvalue weighted by Crippen LogP contribution is -2.11. The van der Waals surface area contributed by atoms with Gasteiger partial charge < -0.3 is 5.11 Å². The molecule has 1 aromatic rings. The van der Waals surface area contributed by atoms with E-state index in [4.69, 9.17) is 0 Å². The number of aliphatic hydroxyl groups is 1. The molecule has 1 aromatic carbocycles. The highest BCUT2D eigenvalue weighted by molar-refractivity contribution is 7.98. The summed E-state index contributed by atoms with van der Waals surface area (Å²) >= 11 is 1.53. The molecule has 0 saturated carbocycles. The fraction of sp³-hybridized carbons (Fsp3) is 0.455. The Labute approximate surface area is 91.5 Å². The maximum absolute atomic E-state index is 13.5. The molecule has 2 rings (SSSR count). The number of rotatable bonds is 0. The van der Waals surface area contributed by atoms with Crippen LogP contribution < -0.4 is 0 Å². The Balaban J connectivity index is 2.53. The van der Waals surface area contributed by atoms with Crippen molar-refractivity contribution < 1.29 is 13.9 Å². The van der Waals surface area contributed by atoms with E-state index in [9.17, 15) is 13.9 Å². The van der Waals surface area contributed by atoms with Crippen molar-refractivity contribution >= 4 is 11.8 Å². The van der Waals surface area contributed by atoms with Crippen molar-refractivity contribution in [1.82, 2.24) is 0 Å². The summed E-state index contributed by atoms with van der Waals surface area (Å²) in [5, 5.41) is 9.92. The number of thioether (sulfide) groups is 1. The Morgan fingerprint density at radius 3 is 2.87 bits per heavy atom. The Kier molecular flexibility index (Phi) is 2.98. The van der Waals surface area contributed by atoms with E-state index in [0.717, 1.165) is 11.8 Å². The maximum Gasteiger partial charge on any atom is 0.163 e. The summed E-state index contributed by atoms with van der Waals surface area (Å²) in [5.74, 6) is -0.387. The molecule has 1 N–H and O–H groups in total. The third-order valence-corrected chi connectivity index (χ3v) is 3.97. The van der Waals surface area contributed by atoms with Gasteiger partial charge in [0.05, 0.1) is 6.10 Å². The first kappa shape index (κ1) is 10.9. The number of halogens is 2. The normalized spacial score (nSPS) is 25.9. The van der Waals surface area contributed by atoms with Crippen LogP contribution in [0.4, 0.5) is 8.78 Å². The van der Waals surface area contributed by atoms with Crippen molar-refractivity contribution in [3.8, 4) is 0 Å². The van der Waals surface area contributed by atoms with Gasteiger partial charge in [0, 0.05) is 11.3 Å². The third-order valence-electron chi connectivity index (χ3n) is 2.72. The van der Waals surface area contributed by atoms with Gasteiger partial charge in [-0.25, -0.2) is 8.78 Å². The summed E-state index contributed by atoms with van der Waals surface area (Å²) in [5.41, 5.74) is 0.850. The van der Waals surface area contributed by atoms with Crippen LogP contribution in [0.3, 0.4) is 0 Å². The molecule has 0 spiro atoms. The van der Waals surface area contributed by atoms with E-state index in [1.165, 1.54) is 17.8 Å². The molecule has 0 aliphatic carbocycles. The highest BCUT2D eigenvalue weighted by Crippen LogP contribution is 2.35. The van der Waals surface area contributed by atoms with Gasteiger partial charge in [-0.2, -0.15) is 11.8 Å². The van der Waals surface area contributed by atoms with Crippen LogP contribution in [-0.2, 0) is 5.75 Å². The molecule has 15 heavy (non-hydrogen) atoms. The molecule has 82 valence electrons. The minimum Gasteiger partial charge on any atom is -0.388 e. The number of hydrogen-bond acceptors (Lipinski definition) is 2. The third kappa shape index (κ3) is 1.88. The summed E-state index contributed by atoms with van der Waals surface area (Å²) in [6.45, 7) is 1.91. The lowest BCUT2D eigenvalue weighted by atomic mass is 9.95. The van der Waals surface area contributed by atoms with Crippen LogP contribution in [0.15, 0.2) is 12.1 Å². The van der Waals surface area contributed by atoms with Crippen molar-refractivity contribution in [3.63, 3.8) is 0 Å². The SMILES string of the molecule is CC1CSCc2c(ccc(F)c2F)C1O. The van der Waals surface area contributed by atoms with E-state index in [0.29, 0.717) is 16.9 Å². The van der Waals surface area contributed by atoms with Gasteiger partial charge in [-0.15, -0.1) is 0 Å². The van der Waals surface area contributed by atoms with Gasteiger partial charge in [0.1, 0.15) is 0 Å². The predicted molar refractivity (Wildman–Crippen MR) is 56.6 cm³/mol. The van der Waals surface area contributed by atoms with E-state index in [-0.39, 0.29) is 5.92 Å². The van der Waals surface area contributed by atoms with Crippen LogP contribution >= 0.6 is 11.8 Å². The Hall–Kier alpha value is -0.610. The monoisotopic (exact) mass is 230 g/mol. The van der Waals surface area contributed by atoms with E-state index in [2.05, 4.69) is 0 Å². The van der Waals surface area contributed by atoms with Gasteiger partial charge in [-0.1, -0.05) is 13.0 Å². The molecule has 1 aliphatic heterocycles. The lowest BCUT2D eigenvalue weighted by Gasteiger charge is -2.17. The van der Waals surface area contributed by atoms with E-state index < -0.39 is 17.7 Å². The summed E-state index contributed by atoms with van der Waals surface area (Å²) < 4.78 is 26.5. The zero-order valence-corrected chi connectivity index (χ0v) is 9.15. The zero-order valence-electron chi connectivity index (χ0n) is 8.34. The molecule has 0 amide bonds. The van der Waals surface area contributed by atoms with Crippen LogP contribution in [0.25, 0.3) is 0 Å². The Bertz CT molecular complexity index is 381. The summed E-state index contributed by atoms with van der Waals surface area (Å²) in [6, 6.07) is 2.57. The molecule has 0 saturated heterocycles. The van der Waals surface area contributed by atoms with E-state index in [1.54, 1.807) is 0 Å². The number of fused-ring (bicyclic) bond motifs is 1. The van der Waals surface area contributed by atoms with Gasteiger partial charge in [-0.3, -0.25) is 0 Å². The molecule has 0 fully saturated rings. The van der Waals surface area contributed by atoms with Crippen molar-refractivity contribution in [2.45, 2.75) is 18.8 Å². The fourth-order valence-corrected chi connectivity index (χ4v) is 2.95. The first-order valence-corrected chi connectivity index (χ1v) is 5.99. The second kappa shape index (κ2) is 4.10. The highest BCUT2D eigenvalue weighted by atomic mass is 32.2. The molecule has 1 heterocycles. The van der Waals surface area contributed by atoms with Crippen LogP contribution in [0, 0.1) is 17.6 Å². The number of aliphatic hydroxyl groups excluding tert-OH is 1. The van der Waals surface area contributed by atoms with Gasteiger partial charge in [0.2, 0.25) is 0 Å². The Morgan fingerprint density at radius 1 is 1.40 bits per heavy atom.